The number of aromatic nitrogens is 1. The third kappa shape index (κ3) is 3.14. The summed E-state index contributed by atoms with van der Waals surface area (Å²) in [6, 6.07) is 1.80. The molecule has 4 nitrogen and oxygen atoms in total. The van der Waals surface area contributed by atoms with Crippen LogP contribution in [0.1, 0.15) is 36.2 Å². The second-order valence-electron chi connectivity index (χ2n) is 4.98. The van der Waals surface area contributed by atoms with E-state index in [0.29, 0.717) is 12.2 Å². The maximum atomic E-state index is 12.0. The van der Waals surface area contributed by atoms with Crippen LogP contribution in [0.3, 0.4) is 0 Å². The zero-order chi connectivity index (χ0) is 13.1. The predicted octanol–water partition coefficient (Wildman–Crippen LogP) is 2.07. The Morgan fingerprint density at radius 3 is 2.89 bits per heavy atom. The van der Waals surface area contributed by atoms with E-state index in [4.69, 9.17) is 0 Å². The van der Waals surface area contributed by atoms with E-state index in [1.54, 1.807) is 10.6 Å². The van der Waals surface area contributed by atoms with Crippen LogP contribution in [-0.2, 0) is 7.05 Å². The van der Waals surface area contributed by atoms with Crippen LogP contribution in [0.5, 0.6) is 0 Å². The number of aryl methyl sites for hydroxylation is 1. The van der Waals surface area contributed by atoms with Gasteiger partial charge in [-0.3, -0.25) is 4.79 Å². The minimum Gasteiger partial charge on any atom is -0.393 e. The first kappa shape index (κ1) is 13.6. The summed E-state index contributed by atoms with van der Waals surface area (Å²) in [5.41, 5.74) is 0.632. The number of carbonyl (C=O) groups is 1. The van der Waals surface area contributed by atoms with Crippen LogP contribution in [-0.4, -0.2) is 28.2 Å². The van der Waals surface area contributed by atoms with Gasteiger partial charge in [0.25, 0.3) is 5.91 Å². The van der Waals surface area contributed by atoms with E-state index in [1.807, 2.05) is 13.2 Å². The third-order valence-corrected chi connectivity index (χ3v) is 4.03. The number of carbonyl (C=O) groups excluding carboxylic acids is 1. The first-order chi connectivity index (χ1) is 8.58. The van der Waals surface area contributed by atoms with Crippen molar-refractivity contribution < 1.29 is 9.90 Å². The fourth-order valence-corrected chi connectivity index (χ4v) is 3.01. The molecule has 2 N–H and O–H groups in total. The molecule has 100 valence electrons. The molecule has 0 aromatic carbocycles. The summed E-state index contributed by atoms with van der Waals surface area (Å²) in [5, 5.41) is 12.8. The van der Waals surface area contributed by atoms with Crippen molar-refractivity contribution in [1.82, 2.24) is 9.88 Å². The van der Waals surface area contributed by atoms with Crippen LogP contribution in [0.15, 0.2) is 16.7 Å². The van der Waals surface area contributed by atoms with Crippen molar-refractivity contribution in [3.05, 3.63) is 22.4 Å². The van der Waals surface area contributed by atoms with E-state index < -0.39 is 0 Å². The molecule has 0 radical (unpaired) electrons. The third-order valence-electron chi connectivity index (χ3n) is 3.60. The normalized spacial score (nSPS) is 23.9. The summed E-state index contributed by atoms with van der Waals surface area (Å²) < 4.78 is 2.68. The van der Waals surface area contributed by atoms with Crippen molar-refractivity contribution in [2.75, 3.05) is 6.54 Å². The van der Waals surface area contributed by atoms with Crippen LogP contribution in [0, 0.1) is 5.92 Å². The van der Waals surface area contributed by atoms with Crippen LogP contribution < -0.4 is 5.32 Å². The Labute approximate surface area is 116 Å². The van der Waals surface area contributed by atoms with Gasteiger partial charge in [-0.15, -0.1) is 0 Å². The lowest BCUT2D eigenvalue weighted by Gasteiger charge is -2.27. The van der Waals surface area contributed by atoms with Gasteiger partial charge in [-0.1, -0.05) is 12.8 Å². The maximum absolute atomic E-state index is 12.0. The zero-order valence-corrected chi connectivity index (χ0v) is 12.1. The van der Waals surface area contributed by atoms with Gasteiger partial charge in [-0.2, -0.15) is 0 Å². The van der Waals surface area contributed by atoms with Gasteiger partial charge in [0.15, 0.2) is 0 Å². The van der Waals surface area contributed by atoms with Crippen LogP contribution >= 0.6 is 15.9 Å². The molecule has 1 amide bonds. The molecule has 1 aliphatic rings. The Balaban J connectivity index is 1.90. The van der Waals surface area contributed by atoms with Gasteiger partial charge in [-0.25, -0.2) is 0 Å². The quantitative estimate of drug-likeness (QED) is 0.897. The van der Waals surface area contributed by atoms with E-state index >= 15 is 0 Å². The number of hydrogen-bond acceptors (Lipinski definition) is 2. The number of aliphatic hydroxyl groups is 1. The van der Waals surface area contributed by atoms with E-state index in [1.165, 1.54) is 0 Å². The van der Waals surface area contributed by atoms with Gasteiger partial charge in [0.05, 0.1) is 6.10 Å². The lowest BCUT2D eigenvalue weighted by atomic mass is 9.86. The summed E-state index contributed by atoms with van der Waals surface area (Å²) in [6.45, 7) is 0.558. The molecule has 2 rings (SSSR count). The maximum Gasteiger partial charge on any atom is 0.267 e. The molecule has 1 aromatic rings. The number of rotatable bonds is 3. The SMILES string of the molecule is Cn1cc(Br)cc1C(=O)NCC1CCCCC1O. The predicted molar refractivity (Wildman–Crippen MR) is 73.4 cm³/mol. The van der Waals surface area contributed by atoms with E-state index in [-0.39, 0.29) is 17.9 Å². The monoisotopic (exact) mass is 314 g/mol. The Hall–Kier alpha value is -0.810. The van der Waals surface area contributed by atoms with Gasteiger partial charge >= 0.3 is 0 Å². The van der Waals surface area contributed by atoms with Gasteiger partial charge in [0.1, 0.15) is 5.69 Å². The highest BCUT2D eigenvalue weighted by Crippen LogP contribution is 2.23. The number of hydrogen-bond donors (Lipinski definition) is 2. The molecular formula is C13H19BrN2O2. The fourth-order valence-electron chi connectivity index (χ4n) is 2.49. The van der Waals surface area contributed by atoms with Gasteiger partial charge < -0.3 is 15.0 Å². The first-order valence-electron chi connectivity index (χ1n) is 6.36. The number of aliphatic hydroxyl groups excluding tert-OH is 1. The summed E-state index contributed by atoms with van der Waals surface area (Å²) in [6.07, 6.45) is 5.68. The smallest absolute Gasteiger partial charge is 0.267 e. The lowest BCUT2D eigenvalue weighted by Crippen LogP contribution is -2.37. The minimum atomic E-state index is -0.265. The van der Waals surface area contributed by atoms with Gasteiger partial charge in [0.2, 0.25) is 0 Å². The van der Waals surface area contributed by atoms with Crippen molar-refractivity contribution in [1.29, 1.82) is 0 Å². The molecule has 0 saturated heterocycles. The zero-order valence-electron chi connectivity index (χ0n) is 10.5. The van der Waals surface area contributed by atoms with Crippen molar-refractivity contribution in [3.63, 3.8) is 0 Å². The Kier molecular flexibility index (Phi) is 4.45. The topological polar surface area (TPSA) is 54.3 Å². The Bertz CT molecular complexity index is 431. The molecule has 1 aliphatic carbocycles. The molecule has 0 spiro atoms. The van der Waals surface area contributed by atoms with E-state index in [9.17, 15) is 9.90 Å². The Morgan fingerprint density at radius 1 is 1.56 bits per heavy atom. The molecule has 1 fully saturated rings. The number of halogens is 1. The van der Waals surface area contributed by atoms with Crippen LogP contribution in [0.2, 0.25) is 0 Å². The fraction of sp³-hybridized carbons (Fsp3) is 0.615. The van der Waals surface area contributed by atoms with Gasteiger partial charge in [0, 0.05) is 30.2 Å². The van der Waals surface area contributed by atoms with Crippen molar-refractivity contribution >= 4 is 21.8 Å². The second-order valence-corrected chi connectivity index (χ2v) is 5.89. The minimum absolute atomic E-state index is 0.0824. The first-order valence-corrected chi connectivity index (χ1v) is 7.15. The molecule has 5 heteroatoms. The van der Waals surface area contributed by atoms with Gasteiger partial charge in [-0.05, 0) is 34.8 Å². The Morgan fingerprint density at radius 2 is 2.28 bits per heavy atom. The second kappa shape index (κ2) is 5.89. The highest BCUT2D eigenvalue weighted by Gasteiger charge is 2.23. The van der Waals surface area contributed by atoms with Crippen molar-refractivity contribution in [2.24, 2.45) is 13.0 Å². The summed E-state index contributed by atoms with van der Waals surface area (Å²) in [5.74, 6) is 0.118. The van der Waals surface area contributed by atoms with Crippen LogP contribution in [0.25, 0.3) is 0 Å². The van der Waals surface area contributed by atoms with E-state index in [2.05, 4.69) is 21.2 Å². The molecule has 1 heterocycles. The molecule has 0 bridgehead atoms. The molecular weight excluding hydrogens is 296 g/mol. The highest BCUT2D eigenvalue weighted by atomic mass is 79.9. The molecule has 2 atom stereocenters. The van der Waals surface area contributed by atoms with Crippen molar-refractivity contribution in [2.45, 2.75) is 31.8 Å². The molecule has 2 unspecified atom stereocenters. The summed E-state index contributed by atoms with van der Waals surface area (Å²) in [7, 11) is 1.84. The standard InChI is InChI=1S/C13H19BrN2O2/c1-16-8-10(14)6-11(16)13(18)15-7-9-4-2-3-5-12(9)17/h6,8-9,12,17H,2-5,7H2,1H3,(H,15,18). The highest BCUT2D eigenvalue weighted by molar-refractivity contribution is 9.10. The lowest BCUT2D eigenvalue weighted by molar-refractivity contribution is 0.0661. The molecule has 0 aliphatic heterocycles. The molecule has 1 aromatic heterocycles. The molecule has 1 saturated carbocycles. The number of nitrogens with one attached hydrogen (secondary N) is 1. The average molecular weight is 315 g/mol. The van der Waals surface area contributed by atoms with Crippen LogP contribution in [0.4, 0.5) is 0 Å². The average Bonchev–Trinajstić information content (AvgIpc) is 2.67. The van der Waals surface area contributed by atoms with Crippen molar-refractivity contribution in [3.8, 4) is 0 Å². The molecule has 18 heavy (non-hydrogen) atoms. The summed E-state index contributed by atoms with van der Waals surface area (Å²) in [4.78, 5) is 12.0. The summed E-state index contributed by atoms with van der Waals surface area (Å²) >= 11 is 3.35. The largest absolute Gasteiger partial charge is 0.393 e. The number of amides is 1. The number of nitrogens with zero attached hydrogens (tertiary/aromatic N) is 1. The van der Waals surface area contributed by atoms with E-state index in [0.717, 1.165) is 30.2 Å².